The second kappa shape index (κ2) is 8.93. The highest BCUT2D eigenvalue weighted by Crippen LogP contribution is 2.36. The van der Waals surface area contributed by atoms with Crippen LogP contribution in [0.4, 0.5) is 5.82 Å². The van der Waals surface area contributed by atoms with Crippen molar-refractivity contribution >= 4 is 18.1 Å². The maximum Gasteiger partial charge on any atom is 0.322 e. The lowest BCUT2D eigenvalue weighted by Crippen LogP contribution is -2.53. The zero-order chi connectivity index (χ0) is 23.9. The molecule has 178 valence electrons. The quantitative estimate of drug-likeness (QED) is 0.209. The number of rotatable bonds is 7. The van der Waals surface area contributed by atoms with E-state index in [-0.39, 0.29) is 29.4 Å². The molecule has 0 bridgehead atoms. The van der Waals surface area contributed by atoms with Gasteiger partial charge in [0.25, 0.3) is 0 Å². The third-order valence-corrected chi connectivity index (χ3v) is 5.55. The van der Waals surface area contributed by atoms with Gasteiger partial charge in [0.2, 0.25) is 0 Å². The third-order valence-electron chi connectivity index (χ3n) is 5.55. The number of phenols is 2. The molecule has 1 saturated heterocycles. The number of aromatic nitrogens is 2. The fraction of sp³-hybridized carbons (Fsp3) is 0.421. The highest BCUT2D eigenvalue weighted by Gasteiger charge is 2.45. The number of aliphatic carboxylic acids is 1. The molecule has 0 aliphatic carbocycles. The number of aliphatic hydroxyl groups is 3. The number of phenolic OH excluding ortho intramolecular Hbond substituents is 2. The largest absolute Gasteiger partial charge is 0.504 e. The van der Waals surface area contributed by atoms with Crippen molar-refractivity contribution < 1.29 is 40.2 Å². The summed E-state index contributed by atoms with van der Waals surface area (Å²) in [5.41, 5.74) is 9.71. The van der Waals surface area contributed by atoms with Crippen LogP contribution in [0.5, 0.6) is 11.5 Å². The van der Waals surface area contributed by atoms with Crippen LogP contribution in [0.3, 0.4) is 0 Å². The average Bonchev–Trinajstić information content (AvgIpc) is 3.33. The Morgan fingerprint density at radius 1 is 1.24 bits per heavy atom. The summed E-state index contributed by atoms with van der Waals surface area (Å²) < 4.78 is 6.88. The molecule has 0 saturated carbocycles. The highest BCUT2D eigenvalue weighted by molar-refractivity contribution is 5.74. The maximum absolute atomic E-state index is 11.8. The van der Waals surface area contributed by atoms with E-state index in [2.05, 4.69) is 15.4 Å². The van der Waals surface area contributed by atoms with Gasteiger partial charge in [-0.25, -0.2) is 15.4 Å². The van der Waals surface area contributed by atoms with Crippen molar-refractivity contribution in [3.8, 4) is 11.5 Å². The number of carboxylic acids is 1. The number of carboxylic acid groups (broad SMARTS) is 1. The molecule has 9 N–H and O–H groups in total. The van der Waals surface area contributed by atoms with E-state index in [0.717, 1.165) is 0 Å². The van der Waals surface area contributed by atoms with Crippen molar-refractivity contribution in [1.29, 1.82) is 0 Å². The minimum Gasteiger partial charge on any atom is -0.504 e. The number of fused-ring (bicyclic) bond motifs is 1. The summed E-state index contributed by atoms with van der Waals surface area (Å²) in [5, 5.41) is 59.5. The van der Waals surface area contributed by atoms with Gasteiger partial charge in [-0.05, 0) is 17.7 Å². The molecule has 4 rings (SSSR count). The molecule has 33 heavy (non-hydrogen) atoms. The Labute approximate surface area is 186 Å². The molecule has 3 unspecified atom stereocenters. The minimum atomic E-state index is -1.33. The number of hydrogen-bond donors (Lipinski definition) is 8. The Hall–Kier alpha value is -3.27. The second-order valence-electron chi connectivity index (χ2n) is 7.73. The first kappa shape index (κ1) is 22.9. The number of benzene rings is 1. The molecule has 3 heterocycles. The van der Waals surface area contributed by atoms with Gasteiger partial charge in [0.05, 0.1) is 12.9 Å². The molecule has 0 spiro atoms. The lowest BCUT2D eigenvalue weighted by Gasteiger charge is -2.32. The van der Waals surface area contributed by atoms with Gasteiger partial charge in [-0.15, -0.1) is 0 Å². The first-order valence-electron chi connectivity index (χ1n) is 9.98. The summed E-state index contributed by atoms with van der Waals surface area (Å²) >= 11 is 0. The number of nitrogens with one attached hydrogen (secondary N) is 1. The molecule has 2 aliphatic rings. The second-order valence-corrected chi connectivity index (χ2v) is 7.73. The molecule has 14 heteroatoms. The van der Waals surface area contributed by atoms with E-state index in [9.17, 15) is 35.4 Å². The Bertz CT molecular complexity index is 1060. The summed E-state index contributed by atoms with van der Waals surface area (Å²) in [5.74, 6) is -1.63. The Balaban J connectivity index is 1.51. The monoisotopic (exact) mass is 464 g/mol. The average molecular weight is 464 g/mol. The van der Waals surface area contributed by atoms with E-state index < -0.39 is 49.3 Å². The Kier molecular flexibility index (Phi) is 6.20. The number of nitrogens with zero attached hydrogens (tertiary/aromatic N) is 4. The topological polar surface area (TPSA) is 219 Å². The molecule has 1 fully saturated rings. The van der Waals surface area contributed by atoms with E-state index in [1.807, 2.05) is 0 Å². The first-order chi connectivity index (χ1) is 15.7. The van der Waals surface area contributed by atoms with Gasteiger partial charge in [-0.3, -0.25) is 14.4 Å². The minimum absolute atomic E-state index is 0.0376. The number of aliphatic hydroxyl groups excluding tert-OH is 3. The fourth-order valence-electron chi connectivity index (χ4n) is 3.74. The van der Waals surface area contributed by atoms with Gasteiger partial charge in [-0.1, -0.05) is 6.07 Å². The van der Waals surface area contributed by atoms with Crippen molar-refractivity contribution in [2.75, 3.05) is 6.61 Å². The van der Waals surface area contributed by atoms with Crippen molar-refractivity contribution in [1.82, 2.24) is 20.0 Å². The van der Waals surface area contributed by atoms with Crippen LogP contribution >= 0.6 is 0 Å². The summed E-state index contributed by atoms with van der Waals surface area (Å²) in [4.78, 5) is 20.2. The van der Waals surface area contributed by atoms with E-state index >= 15 is 0 Å². The molecular formula is C19H24N6O8. The lowest BCUT2D eigenvalue weighted by molar-refractivity contribution is -0.140. The summed E-state index contributed by atoms with van der Waals surface area (Å²) in [7, 11) is 0. The van der Waals surface area contributed by atoms with Crippen LogP contribution in [0, 0.1) is 0 Å². The molecular weight excluding hydrogens is 440 g/mol. The molecule has 0 amide bonds. The standard InChI is InChI=1S/C19H24N6O8/c20-16-13-17(24(6-21-13)18-15(30)14(29)12(5-26)33-18)22-7-25(16)23-9(19(31)32)3-8-1-2-10(27)11(28)4-8/h1-2,4,6-7,9,12,14-16,18,23,26-30H,3,5,20H2,(H,31,32)/t9-,12+,14?,15?,16?,18+/m0/s1. The SMILES string of the molecule is NC1c2ncn([C@@H]3O[C@H](CO)C(O)C3O)c2N=CN1N[C@@H](Cc1ccc(O)c(O)c1)C(=O)O. The predicted octanol–water partition coefficient (Wildman–Crippen LogP) is -1.96. The van der Waals surface area contributed by atoms with Gasteiger partial charge in [0.1, 0.15) is 42.6 Å². The van der Waals surface area contributed by atoms with Crippen LogP contribution in [-0.2, 0) is 16.0 Å². The van der Waals surface area contributed by atoms with E-state index in [0.29, 0.717) is 5.56 Å². The maximum atomic E-state index is 11.8. The molecule has 1 aromatic heterocycles. The number of hydrogen-bond acceptors (Lipinski definition) is 12. The number of carbonyl (C=O) groups is 1. The van der Waals surface area contributed by atoms with Gasteiger partial charge >= 0.3 is 5.97 Å². The van der Waals surface area contributed by atoms with Crippen molar-refractivity contribution in [2.24, 2.45) is 10.7 Å². The van der Waals surface area contributed by atoms with Crippen LogP contribution in [-0.4, -0.2) is 88.5 Å². The molecule has 2 aromatic rings. The van der Waals surface area contributed by atoms with Crippen LogP contribution in [0.2, 0.25) is 0 Å². The molecule has 14 nitrogen and oxygen atoms in total. The van der Waals surface area contributed by atoms with Crippen molar-refractivity contribution in [2.45, 2.75) is 43.2 Å². The molecule has 6 atom stereocenters. The van der Waals surface area contributed by atoms with Crippen LogP contribution in [0.1, 0.15) is 23.7 Å². The van der Waals surface area contributed by atoms with E-state index in [4.69, 9.17) is 10.5 Å². The van der Waals surface area contributed by atoms with Crippen LogP contribution in [0.15, 0.2) is 29.5 Å². The zero-order valence-electron chi connectivity index (χ0n) is 17.1. The number of hydrazine groups is 1. The number of aromatic hydroxyl groups is 2. The summed E-state index contributed by atoms with van der Waals surface area (Å²) in [6, 6.07) is 2.85. The summed E-state index contributed by atoms with van der Waals surface area (Å²) in [6.07, 6.45) is -3.06. The zero-order valence-corrected chi connectivity index (χ0v) is 17.1. The normalized spacial score (nSPS) is 27.5. The van der Waals surface area contributed by atoms with E-state index in [1.54, 1.807) is 0 Å². The van der Waals surface area contributed by atoms with Gasteiger partial charge in [-0.2, -0.15) is 0 Å². The number of ether oxygens (including phenoxy) is 1. The number of nitrogens with two attached hydrogens (primary N) is 1. The van der Waals surface area contributed by atoms with Gasteiger partial charge in [0.15, 0.2) is 23.5 Å². The highest BCUT2D eigenvalue weighted by atomic mass is 16.6. The van der Waals surface area contributed by atoms with Gasteiger partial charge < -0.3 is 41.1 Å². The van der Waals surface area contributed by atoms with Crippen molar-refractivity contribution in [3.05, 3.63) is 35.8 Å². The molecule has 2 aliphatic heterocycles. The predicted molar refractivity (Wildman–Crippen MR) is 110 cm³/mol. The van der Waals surface area contributed by atoms with Crippen LogP contribution < -0.4 is 11.2 Å². The summed E-state index contributed by atoms with van der Waals surface area (Å²) in [6.45, 7) is -0.485. The van der Waals surface area contributed by atoms with E-state index in [1.165, 1.54) is 40.4 Å². The Morgan fingerprint density at radius 3 is 2.64 bits per heavy atom. The van der Waals surface area contributed by atoms with Crippen LogP contribution in [0.25, 0.3) is 0 Å². The van der Waals surface area contributed by atoms with Gasteiger partial charge in [0, 0.05) is 6.42 Å². The molecule has 0 radical (unpaired) electrons. The number of aliphatic imine (C=N–C) groups is 1. The smallest absolute Gasteiger partial charge is 0.322 e. The third kappa shape index (κ3) is 4.22. The molecule has 1 aromatic carbocycles. The lowest BCUT2D eigenvalue weighted by atomic mass is 10.1. The fourth-order valence-corrected chi connectivity index (χ4v) is 3.74. The Morgan fingerprint density at radius 2 is 2.00 bits per heavy atom. The first-order valence-corrected chi connectivity index (χ1v) is 9.98. The van der Waals surface area contributed by atoms with Crippen molar-refractivity contribution in [3.63, 3.8) is 0 Å². The number of imidazole rings is 1.